The first kappa shape index (κ1) is 12.1. The van der Waals surface area contributed by atoms with Gasteiger partial charge in [0.1, 0.15) is 5.50 Å². The fourth-order valence-electron chi connectivity index (χ4n) is 1.26. The number of carbonyl (C=O) groups excluding carboxylic acids is 1. The van der Waals surface area contributed by atoms with Crippen LogP contribution in [0.3, 0.4) is 0 Å². The van der Waals surface area contributed by atoms with Crippen molar-refractivity contribution in [3.05, 3.63) is 0 Å². The maximum absolute atomic E-state index is 11.4. The van der Waals surface area contributed by atoms with Crippen molar-refractivity contribution in [3.63, 3.8) is 0 Å². The van der Waals surface area contributed by atoms with Crippen molar-refractivity contribution in [2.45, 2.75) is 17.9 Å². The van der Waals surface area contributed by atoms with Gasteiger partial charge in [-0.15, -0.1) is 23.4 Å². The van der Waals surface area contributed by atoms with Crippen LogP contribution in [0.2, 0.25) is 0 Å². The van der Waals surface area contributed by atoms with Crippen molar-refractivity contribution in [1.82, 2.24) is 10.6 Å². The molecule has 1 fully saturated rings. The second kappa shape index (κ2) is 5.80. The van der Waals surface area contributed by atoms with Gasteiger partial charge in [0.2, 0.25) is 0 Å². The zero-order chi connectivity index (χ0) is 10.6. The van der Waals surface area contributed by atoms with E-state index in [1.807, 2.05) is 6.26 Å². The highest BCUT2D eigenvalue weighted by molar-refractivity contribution is 7.99. The van der Waals surface area contributed by atoms with E-state index in [0.717, 1.165) is 0 Å². The molecule has 0 aromatic heterocycles. The summed E-state index contributed by atoms with van der Waals surface area (Å²) in [5, 5.41) is 6.23. The zero-order valence-electron chi connectivity index (χ0n) is 8.25. The minimum absolute atomic E-state index is 0.114. The van der Waals surface area contributed by atoms with Crippen molar-refractivity contribution < 1.29 is 9.53 Å². The van der Waals surface area contributed by atoms with E-state index in [0.29, 0.717) is 13.2 Å². The summed E-state index contributed by atoms with van der Waals surface area (Å²) in [5.74, 6) is -0.549. The first-order valence-corrected chi connectivity index (χ1v) is 6.24. The molecule has 3 atom stereocenters. The van der Waals surface area contributed by atoms with Crippen molar-refractivity contribution in [3.8, 4) is 0 Å². The summed E-state index contributed by atoms with van der Waals surface area (Å²) in [4.78, 5) is 11.4. The van der Waals surface area contributed by atoms with Gasteiger partial charge in [-0.1, -0.05) is 0 Å². The molecule has 14 heavy (non-hydrogen) atoms. The topological polar surface area (TPSA) is 50.4 Å². The fourth-order valence-corrected chi connectivity index (χ4v) is 2.20. The van der Waals surface area contributed by atoms with Crippen LogP contribution < -0.4 is 10.6 Å². The molecule has 1 rings (SSSR count). The number of hydrogen-bond acceptors (Lipinski definition) is 5. The lowest BCUT2D eigenvalue weighted by Gasteiger charge is -2.32. The molecule has 0 radical (unpaired) electrons. The monoisotopic (exact) mass is 238 g/mol. The summed E-state index contributed by atoms with van der Waals surface area (Å²) >= 11 is 7.64. The Balaban J connectivity index is 2.45. The van der Waals surface area contributed by atoms with E-state index < -0.39 is 0 Å². The molecule has 0 amide bonds. The van der Waals surface area contributed by atoms with E-state index in [-0.39, 0.29) is 22.9 Å². The van der Waals surface area contributed by atoms with Crippen LogP contribution in [0.15, 0.2) is 0 Å². The Kier molecular flexibility index (Phi) is 5.01. The molecule has 1 aliphatic heterocycles. The van der Waals surface area contributed by atoms with Gasteiger partial charge < -0.3 is 4.74 Å². The summed E-state index contributed by atoms with van der Waals surface area (Å²) in [6.07, 6.45) is 1.97. The summed E-state index contributed by atoms with van der Waals surface area (Å²) in [6.45, 7) is 2.74. The van der Waals surface area contributed by atoms with Crippen molar-refractivity contribution in [1.29, 1.82) is 0 Å². The maximum atomic E-state index is 11.4. The van der Waals surface area contributed by atoms with E-state index >= 15 is 0 Å². The lowest BCUT2D eigenvalue weighted by molar-refractivity contribution is -0.148. The van der Waals surface area contributed by atoms with Gasteiger partial charge in [-0.2, -0.15) is 0 Å². The van der Waals surface area contributed by atoms with Crippen LogP contribution in [-0.4, -0.2) is 36.4 Å². The van der Waals surface area contributed by atoms with Gasteiger partial charge in [0.25, 0.3) is 0 Å². The van der Waals surface area contributed by atoms with Crippen LogP contribution in [0.1, 0.15) is 6.92 Å². The van der Waals surface area contributed by atoms with Crippen LogP contribution in [0.5, 0.6) is 0 Å². The average molecular weight is 239 g/mol. The first-order chi connectivity index (χ1) is 6.69. The van der Waals surface area contributed by atoms with Crippen LogP contribution >= 0.6 is 23.4 Å². The molecular weight excluding hydrogens is 224 g/mol. The Morgan fingerprint density at radius 1 is 1.71 bits per heavy atom. The lowest BCUT2D eigenvalue weighted by Crippen LogP contribution is -2.57. The highest BCUT2D eigenvalue weighted by Gasteiger charge is 2.33. The lowest BCUT2D eigenvalue weighted by atomic mass is 10.1. The van der Waals surface area contributed by atoms with Crippen LogP contribution in [0.4, 0.5) is 0 Å². The second-order valence-electron chi connectivity index (χ2n) is 2.95. The third kappa shape index (κ3) is 3.02. The highest BCUT2D eigenvalue weighted by atomic mass is 35.5. The number of thioether (sulfide) groups is 1. The number of halogens is 1. The Morgan fingerprint density at radius 2 is 2.43 bits per heavy atom. The molecule has 1 aliphatic rings. The number of ether oxygens (including phenoxy) is 1. The number of carbonyl (C=O) groups is 1. The molecule has 2 N–H and O–H groups in total. The van der Waals surface area contributed by atoms with Crippen LogP contribution in [0.25, 0.3) is 0 Å². The first-order valence-electron chi connectivity index (χ1n) is 4.52. The Hall–Kier alpha value is 0.0300. The minimum Gasteiger partial charge on any atom is -0.466 e. The van der Waals surface area contributed by atoms with Gasteiger partial charge >= 0.3 is 5.97 Å². The van der Waals surface area contributed by atoms with E-state index in [9.17, 15) is 4.79 Å². The number of esters is 1. The number of rotatable bonds is 3. The summed E-state index contributed by atoms with van der Waals surface area (Å²) < 4.78 is 4.91. The predicted molar refractivity (Wildman–Crippen MR) is 58.2 cm³/mol. The fraction of sp³-hybridized carbons (Fsp3) is 0.875. The molecular formula is C8H15ClN2O2S. The van der Waals surface area contributed by atoms with Gasteiger partial charge in [-0.3, -0.25) is 15.4 Å². The third-order valence-corrected chi connectivity index (χ3v) is 3.22. The van der Waals surface area contributed by atoms with E-state index in [1.165, 1.54) is 0 Å². The molecule has 0 spiro atoms. The van der Waals surface area contributed by atoms with Crippen molar-refractivity contribution in [2.24, 2.45) is 5.92 Å². The van der Waals surface area contributed by atoms with Crippen molar-refractivity contribution in [2.75, 3.05) is 19.4 Å². The Morgan fingerprint density at radius 3 is 2.93 bits per heavy atom. The van der Waals surface area contributed by atoms with Gasteiger partial charge in [0, 0.05) is 6.54 Å². The maximum Gasteiger partial charge on any atom is 0.313 e. The molecule has 1 heterocycles. The van der Waals surface area contributed by atoms with Crippen LogP contribution in [-0.2, 0) is 9.53 Å². The quantitative estimate of drug-likeness (QED) is 0.428. The van der Waals surface area contributed by atoms with Gasteiger partial charge in [0.05, 0.1) is 18.0 Å². The summed E-state index contributed by atoms with van der Waals surface area (Å²) in [6, 6.07) is 0. The molecule has 0 aliphatic carbocycles. The Bertz CT molecular complexity index is 206. The molecule has 0 aromatic rings. The standard InChI is InChI=1S/C8H15ClN2O2S/c1-3-13-7(12)5-4-10-8(14-2)11-6(5)9/h5-6,8,10-11H,3-4H2,1-2H3. The molecule has 3 unspecified atom stereocenters. The van der Waals surface area contributed by atoms with Gasteiger partial charge in [-0.25, -0.2) is 0 Å². The number of hydrogen-bond donors (Lipinski definition) is 2. The van der Waals surface area contributed by atoms with E-state index in [2.05, 4.69) is 10.6 Å². The third-order valence-electron chi connectivity index (χ3n) is 2.01. The molecule has 1 saturated heterocycles. The largest absolute Gasteiger partial charge is 0.466 e. The van der Waals surface area contributed by atoms with Gasteiger partial charge in [-0.05, 0) is 13.2 Å². The molecule has 4 nitrogen and oxygen atoms in total. The van der Waals surface area contributed by atoms with Crippen molar-refractivity contribution >= 4 is 29.3 Å². The molecule has 0 aromatic carbocycles. The smallest absolute Gasteiger partial charge is 0.313 e. The molecule has 0 saturated carbocycles. The number of alkyl halides is 1. The average Bonchev–Trinajstić information content (AvgIpc) is 2.17. The van der Waals surface area contributed by atoms with Crippen LogP contribution in [0, 0.1) is 5.92 Å². The Labute approximate surface area is 93.1 Å². The second-order valence-corrected chi connectivity index (χ2v) is 4.36. The van der Waals surface area contributed by atoms with E-state index in [4.69, 9.17) is 16.3 Å². The normalized spacial score (nSPS) is 32.6. The summed E-state index contributed by atoms with van der Waals surface area (Å²) in [5.41, 5.74) is -0.240. The zero-order valence-corrected chi connectivity index (χ0v) is 9.82. The molecule has 6 heteroatoms. The van der Waals surface area contributed by atoms with E-state index in [1.54, 1.807) is 18.7 Å². The predicted octanol–water partition coefficient (Wildman–Crippen LogP) is 0.570. The highest BCUT2D eigenvalue weighted by Crippen LogP contribution is 2.17. The molecule has 82 valence electrons. The SMILES string of the molecule is CCOC(=O)C1CNC(SC)NC1Cl. The number of nitrogens with one attached hydrogen (secondary N) is 2. The summed E-state index contributed by atoms with van der Waals surface area (Å²) in [7, 11) is 0. The molecule has 0 bridgehead atoms. The van der Waals surface area contributed by atoms with Gasteiger partial charge in [0.15, 0.2) is 0 Å². The minimum atomic E-state index is -0.354.